The Hall–Kier alpha value is -2.38. The highest BCUT2D eigenvalue weighted by molar-refractivity contribution is 7.89. The first kappa shape index (κ1) is 20.4. The molecule has 0 saturated carbocycles. The van der Waals surface area contributed by atoms with Crippen molar-refractivity contribution in [1.82, 2.24) is 10.2 Å². The Morgan fingerprint density at radius 2 is 1.93 bits per heavy atom. The number of carbonyl (C=O) groups excluding carboxylic acids is 1. The van der Waals surface area contributed by atoms with Crippen LogP contribution in [0.25, 0.3) is 0 Å². The molecule has 2 aliphatic rings. The summed E-state index contributed by atoms with van der Waals surface area (Å²) in [6.07, 6.45) is 7.70. The monoisotopic (exact) mass is 401 g/mol. The number of carbonyl (C=O) groups is 1. The number of hydrogen-bond acceptors (Lipinski definition) is 4. The number of allylic oxidation sites excluding steroid dienone is 2. The van der Waals surface area contributed by atoms with Gasteiger partial charge in [0.2, 0.25) is 10.0 Å². The number of benzene rings is 1. The summed E-state index contributed by atoms with van der Waals surface area (Å²) in [6.45, 7) is 6.22. The predicted molar refractivity (Wildman–Crippen MR) is 110 cm³/mol. The van der Waals surface area contributed by atoms with Gasteiger partial charge in [-0.25, -0.2) is 13.6 Å². The van der Waals surface area contributed by atoms with Gasteiger partial charge in [-0.05, 0) is 56.0 Å². The fourth-order valence-electron chi connectivity index (χ4n) is 3.90. The van der Waals surface area contributed by atoms with Gasteiger partial charge in [0.05, 0.1) is 16.5 Å². The van der Waals surface area contributed by atoms with Crippen molar-refractivity contribution in [3.8, 4) is 0 Å². The molecule has 0 aromatic heterocycles. The smallest absolute Gasteiger partial charge is 0.268 e. The summed E-state index contributed by atoms with van der Waals surface area (Å²) in [5.41, 5.74) is 3.69. The molecule has 1 aromatic rings. The molecule has 150 valence electrons. The van der Waals surface area contributed by atoms with Crippen molar-refractivity contribution in [2.75, 3.05) is 7.05 Å². The lowest BCUT2D eigenvalue weighted by Crippen LogP contribution is -2.44. The molecule has 1 aliphatic heterocycles. The van der Waals surface area contributed by atoms with Gasteiger partial charge in [-0.2, -0.15) is 0 Å². The van der Waals surface area contributed by atoms with Crippen molar-refractivity contribution in [1.29, 1.82) is 0 Å². The topological polar surface area (TPSA) is 92.5 Å². The number of primary sulfonamides is 1. The van der Waals surface area contributed by atoms with E-state index >= 15 is 0 Å². The minimum absolute atomic E-state index is 0.0578. The van der Waals surface area contributed by atoms with Gasteiger partial charge in [-0.15, -0.1) is 0 Å². The van der Waals surface area contributed by atoms with Crippen molar-refractivity contribution in [2.24, 2.45) is 5.14 Å². The van der Waals surface area contributed by atoms with Crippen LogP contribution in [-0.2, 0) is 14.8 Å². The van der Waals surface area contributed by atoms with Crippen LogP contribution in [0.4, 0.5) is 0 Å². The summed E-state index contributed by atoms with van der Waals surface area (Å²) in [5, 5.41) is 8.23. The molecule has 3 N–H and O–H groups in total. The zero-order valence-corrected chi connectivity index (χ0v) is 17.5. The zero-order chi connectivity index (χ0) is 20.7. The Bertz CT molecular complexity index is 990. The van der Waals surface area contributed by atoms with Crippen LogP contribution in [0.15, 0.2) is 64.2 Å². The van der Waals surface area contributed by atoms with Crippen LogP contribution in [0.3, 0.4) is 0 Å². The molecule has 0 spiro atoms. The number of nitrogens with two attached hydrogens (primary N) is 1. The molecule has 1 heterocycles. The van der Waals surface area contributed by atoms with E-state index in [-0.39, 0.29) is 22.4 Å². The van der Waals surface area contributed by atoms with Gasteiger partial charge in [-0.3, -0.25) is 4.79 Å². The highest BCUT2D eigenvalue weighted by atomic mass is 32.2. The molecule has 1 aromatic carbocycles. The van der Waals surface area contributed by atoms with Crippen molar-refractivity contribution in [2.45, 2.75) is 50.1 Å². The van der Waals surface area contributed by atoms with Gasteiger partial charge < -0.3 is 10.2 Å². The first-order valence-corrected chi connectivity index (χ1v) is 10.9. The molecule has 0 bridgehead atoms. The second-order valence-electron chi connectivity index (χ2n) is 7.72. The number of sulfonamides is 1. The molecule has 28 heavy (non-hydrogen) atoms. The molecule has 7 heteroatoms. The van der Waals surface area contributed by atoms with Crippen LogP contribution < -0.4 is 10.5 Å². The Kier molecular flexibility index (Phi) is 5.25. The first-order chi connectivity index (χ1) is 13.1. The van der Waals surface area contributed by atoms with Crippen molar-refractivity contribution in [3.05, 3.63) is 64.9 Å². The second-order valence-corrected chi connectivity index (χ2v) is 9.28. The predicted octanol–water partition coefficient (Wildman–Crippen LogP) is 2.77. The lowest BCUT2D eigenvalue weighted by atomic mass is 9.83. The number of fused-ring (bicyclic) bond motifs is 1. The molecule has 6 nitrogen and oxygen atoms in total. The van der Waals surface area contributed by atoms with E-state index in [9.17, 15) is 13.2 Å². The number of likely N-dealkylation sites (N-methyl/N-ethyl adjacent to an activating group) is 1. The van der Waals surface area contributed by atoms with Gasteiger partial charge in [0.15, 0.2) is 0 Å². The quantitative estimate of drug-likeness (QED) is 0.793. The van der Waals surface area contributed by atoms with Crippen molar-refractivity contribution >= 4 is 15.9 Å². The van der Waals surface area contributed by atoms with Crippen LogP contribution in [0, 0.1) is 0 Å². The largest absolute Gasteiger partial charge is 0.360 e. The van der Waals surface area contributed by atoms with Crippen LogP contribution in [0.2, 0.25) is 0 Å². The number of nitrogens with zero attached hydrogens (tertiary/aromatic N) is 1. The van der Waals surface area contributed by atoms with E-state index < -0.39 is 10.0 Å². The number of amides is 1. The summed E-state index contributed by atoms with van der Waals surface area (Å²) in [4.78, 5) is 15.1. The van der Waals surface area contributed by atoms with Gasteiger partial charge in [0.25, 0.3) is 5.91 Å². The summed E-state index contributed by atoms with van der Waals surface area (Å²) < 4.78 is 22.9. The summed E-state index contributed by atoms with van der Waals surface area (Å²) >= 11 is 0. The fourth-order valence-corrected chi connectivity index (χ4v) is 4.42. The third kappa shape index (κ3) is 3.64. The summed E-state index contributed by atoms with van der Waals surface area (Å²) in [7, 11) is -1.78. The molecule has 0 radical (unpaired) electrons. The van der Waals surface area contributed by atoms with E-state index in [0.717, 1.165) is 17.6 Å². The van der Waals surface area contributed by atoms with E-state index in [1.165, 1.54) is 17.7 Å². The number of nitrogens with one attached hydrogen (secondary N) is 1. The maximum Gasteiger partial charge on any atom is 0.268 e. The van der Waals surface area contributed by atoms with E-state index in [1.54, 1.807) is 12.1 Å². The average Bonchev–Trinajstić information content (AvgIpc) is 2.89. The highest BCUT2D eigenvalue weighted by Gasteiger charge is 2.42. The van der Waals surface area contributed by atoms with E-state index in [4.69, 9.17) is 5.14 Å². The third-order valence-corrected chi connectivity index (χ3v) is 6.67. The molecule has 1 aliphatic carbocycles. The molecular formula is C21H27N3O3S. The summed E-state index contributed by atoms with van der Waals surface area (Å²) in [6, 6.07) is 6.10. The van der Waals surface area contributed by atoms with E-state index in [2.05, 4.69) is 31.3 Å². The summed E-state index contributed by atoms with van der Waals surface area (Å²) in [5.74, 6) is -0.140. The van der Waals surface area contributed by atoms with E-state index in [0.29, 0.717) is 12.1 Å². The lowest BCUT2D eigenvalue weighted by Gasteiger charge is -2.38. The molecular weight excluding hydrogens is 374 g/mol. The molecule has 0 fully saturated rings. The number of hydrogen-bond donors (Lipinski definition) is 2. The number of rotatable bonds is 5. The van der Waals surface area contributed by atoms with Crippen molar-refractivity contribution in [3.63, 3.8) is 0 Å². The third-order valence-electron chi connectivity index (χ3n) is 5.74. The maximum atomic E-state index is 13.0. The highest BCUT2D eigenvalue weighted by Crippen LogP contribution is 2.42. The molecule has 2 atom stereocenters. The second kappa shape index (κ2) is 7.22. The van der Waals surface area contributed by atoms with Gasteiger partial charge in [0, 0.05) is 7.05 Å². The zero-order valence-electron chi connectivity index (χ0n) is 16.7. The van der Waals surface area contributed by atoms with Gasteiger partial charge in [0.1, 0.15) is 5.70 Å². The maximum absolute atomic E-state index is 13.0. The van der Waals surface area contributed by atoms with Crippen LogP contribution in [0.1, 0.15) is 45.2 Å². The van der Waals surface area contributed by atoms with E-state index in [1.807, 2.05) is 24.9 Å². The Morgan fingerprint density at radius 3 is 2.50 bits per heavy atom. The average molecular weight is 402 g/mol. The molecule has 2 unspecified atom stereocenters. The van der Waals surface area contributed by atoms with Crippen LogP contribution in [0.5, 0.6) is 0 Å². The first-order valence-electron chi connectivity index (χ1n) is 9.33. The Labute approximate surface area is 166 Å². The molecule has 1 amide bonds. The van der Waals surface area contributed by atoms with Crippen LogP contribution >= 0.6 is 0 Å². The van der Waals surface area contributed by atoms with Gasteiger partial charge in [-0.1, -0.05) is 36.8 Å². The normalized spacial score (nSPS) is 22.8. The Morgan fingerprint density at radius 1 is 1.29 bits per heavy atom. The van der Waals surface area contributed by atoms with Crippen LogP contribution in [-0.4, -0.2) is 31.8 Å². The van der Waals surface area contributed by atoms with Gasteiger partial charge >= 0.3 is 0 Å². The molecule has 0 saturated heterocycles. The van der Waals surface area contributed by atoms with Crippen molar-refractivity contribution < 1.29 is 13.2 Å². The lowest BCUT2D eigenvalue weighted by molar-refractivity contribution is -0.120. The Balaban J connectivity index is 1.80. The standard InChI is InChI=1S/C21H27N3O3S/c1-5-18(15-7-10-17(11-8-15)28(22,26)27)23-20(25)19-12-16-9-6-14(2)13-21(16,3)24(19)4/h6-12,18H,5,13H2,1-4H3,(H,23,25)(H2,22,26,27). The minimum Gasteiger partial charge on any atom is -0.360 e. The molecule has 3 rings (SSSR count). The SMILES string of the molecule is CCC(NC(=O)C1=CC2=CC=C(C)CC2(C)N1C)c1ccc(S(N)(=O)=O)cc1. The fraction of sp³-hybridized carbons (Fsp3) is 0.381. The minimum atomic E-state index is -3.73.